The Morgan fingerprint density at radius 3 is 2.90 bits per heavy atom. The third kappa shape index (κ3) is 4.51. The average Bonchev–Trinajstić information content (AvgIpc) is 2.47. The number of hydrogen-bond donors (Lipinski definition) is 1. The normalized spacial score (nSPS) is 10.1. The molecule has 1 amide bonds. The summed E-state index contributed by atoms with van der Waals surface area (Å²) in [7, 11) is 0. The summed E-state index contributed by atoms with van der Waals surface area (Å²) in [5, 5.41) is 2.70. The Kier molecular flexibility index (Phi) is 5.31. The number of pyridine rings is 1. The highest BCUT2D eigenvalue weighted by atomic mass is 32.2. The molecule has 7 heteroatoms. The first-order valence-corrected chi connectivity index (χ1v) is 7.04. The van der Waals surface area contributed by atoms with Gasteiger partial charge in [-0.1, -0.05) is 0 Å². The highest BCUT2D eigenvalue weighted by molar-refractivity contribution is 8.00. The molecule has 0 radical (unpaired) electrons. The minimum Gasteiger partial charge on any atom is -0.478 e. The van der Waals surface area contributed by atoms with Crippen molar-refractivity contribution in [3.05, 3.63) is 36.9 Å². The fourth-order valence-corrected chi connectivity index (χ4v) is 2.08. The maximum atomic E-state index is 11.8. The Morgan fingerprint density at radius 1 is 1.35 bits per heavy atom. The van der Waals surface area contributed by atoms with Gasteiger partial charge in [0.2, 0.25) is 11.8 Å². The zero-order valence-electron chi connectivity index (χ0n) is 10.9. The Bertz CT molecular complexity index is 565. The van der Waals surface area contributed by atoms with Crippen molar-refractivity contribution < 1.29 is 9.53 Å². The number of carbonyl (C=O) groups excluding carboxylic acids is 1. The van der Waals surface area contributed by atoms with Gasteiger partial charge in [-0.15, -0.1) is 11.8 Å². The van der Waals surface area contributed by atoms with Crippen LogP contribution < -0.4 is 10.1 Å². The van der Waals surface area contributed by atoms with Gasteiger partial charge in [0.15, 0.2) is 0 Å². The molecule has 0 fully saturated rings. The van der Waals surface area contributed by atoms with Crippen LogP contribution in [0.15, 0.2) is 41.8 Å². The molecule has 0 saturated carbocycles. The van der Waals surface area contributed by atoms with Crippen molar-refractivity contribution in [3.8, 4) is 5.88 Å². The van der Waals surface area contributed by atoms with Crippen LogP contribution >= 0.6 is 11.8 Å². The number of ether oxygens (including phenoxy) is 1. The molecule has 104 valence electrons. The number of nitrogens with zero attached hydrogens (tertiary/aromatic N) is 3. The molecule has 6 nitrogen and oxygen atoms in total. The van der Waals surface area contributed by atoms with Crippen molar-refractivity contribution in [2.24, 2.45) is 0 Å². The number of thioether (sulfide) groups is 1. The van der Waals surface area contributed by atoms with E-state index in [1.165, 1.54) is 18.1 Å². The van der Waals surface area contributed by atoms with Crippen molar-refractivity contribution in [2.45, 2.75) is 11.8 Å². The van der Waals surface area contributed by atoms with Crippen molar-refractivity contribution in [3.63, 3.8) is 0 Å². The topological polar surface area (TPSA) is 77.0 Å². The van der Waals surface area contributed by atoms with Crippen LogP contribution in [0.1, 0.15) is 6.92 Å². The van der Waals surface area contributed by atoms with Crippen LogP contribution in [0.25, 0.3) is 0 Å². The van der Waals surface area contributed by atoms with E-state index in [1.54, 1.807) is 18.5 Å². The molecule has 0 aromatic carbocycles. The number of carbonyl (C=O) groups is 1. The first kappa shape index (κ1) is 14.3. The Labute approximate surface area is 121 Å². The van der Waals surface area contributed by atoms with Gasteiger partial charge >= 0.3 is 0 Å². The van der Waals surface area contributed by atoms with Crippen LogP contribution in [0.3, 0.4) is 0 Å². The lowest BCUT2D eigenvalue weighted by atomic mass is 10.5. The van der Waals surface area contributed by atoms with Gasteiger partial charge in [-0.05, 0) is 19.1 Å². The highest BCUT2D eigenvalue weighted by Crippen LogP contribution is 2.17. The molecule has 2 aromatic rings. The van der Waals surface area contributed by atoms with Crippen molar-refractivity contribution in [2.75, 3.05) is 17.7 Å². The summed E-state index contributed by atoms with van der Waals surface area (Å²) in [6.45, 7) is 2.38. The molecule has 0 aliphatic heterocycles. The van der Waals surface area contributed by atoms with Gasteiger partial charge in [-0.25, -0.2) is 9.97 Å². The molecule has 0 atom stereocenters. The number of hydrogen-bond acceptors (Lipinski definition) is 6. The zero-order valence-corrected chi connectivity index (χ0v) is 11.8. The summed E-state index contributed by atoms with van der Waals surface area (Å²) in [6.07, 6.45) is 4.74. The van der Waals surface area contributed by atoms with E-state index in [1.807, 2.05) is 19.1 Å². The van der Waals surface area contributed by atoms with E-state index in [4.69, 9.17) is 4.74 Å². The monoisotopic (exact) mass is 290 g/mol. The van der Waals surface area contributed by atoms with Crippen LogP contribution in [0.2, 0.25) is 0 Å². The van der Waals surface area contributed by atoms with Crippen molar-refractivity contribution in [1.29, 1.82) is 0 Å². The lowest BCUT2D eigenvalue weighted by Gasteiger charge is -2.06. The predicted molar refractivity (Wildman–Crippen MR) is 76.8 cm³/mol. The fraction of sp³-hybridized carbons (Fsp3) is 0.231. The quantitative estimate of drug-likeness (QED) is 0.820. The fourth-order valence-electron chi connectivity index (χ4n) is 1.40. The van der Waals surface area contributed by atoms with E-state index in [-0.39, 0.29) is 5.91 Å². The van der Waals surface area contributed by atoms with Crippen LogP contribution in [0.5, 0.6) is 5.88 Å². The Hall–Kier alpha value is -2.15. The molecule has 2 heterocycles. The maximum absolute atomic E-state index is 11.8. The van der Waals surface area contributed by atoms with Crippen LogP contribution in [-0.4, -0.2) is 33.2 Å². The first-order valence-electron chi connectivity index (χ1n) is 6.05. The Morgan fingerprint density at radius 2 is 2.15 bits per heavy atom. The van der Waals surface area contributed by atoms with E-state index in [9.17, 15) is 4.79 Å². The third-order valence-corrected chi connectivity index (χ3v) is 3.23. The molecule has 2 aromatic heterocycles. The van der Waals surface area contributed by atoms with E-state index < -0.39 is 0 Å². The molecule has 2 rings (SSSR count). The number of aromatic nitrogens is 3. The summed E-state index contributed by atoms with van der Waals surface area (Å²) < 4.78 is 5.24. The summed E-state index contributed by atoms with van der Waals surface area (Å²) in [5.74, 6) is 1.05. The van der Waals surface area contributed by atoms with Gasteiger partial charge in [0.1, 0.15) is 12.1 Å². The highest BCUT2D eigenvalue weighted by Gasteiger charge is 2.06. The molecule has 0 spiro atoms. The standard InChI is InChI=1S/C13H14N4O2S/c1-2-19-13-7-11(15-9-16-13)17-12(18)8-20-10-3-5-14-6-4-10/h3-7,9H,2,8H2,1H3,(H,15,16,17,18). The summed E-state index contributed by atoms with van der Waals surface area (Å²) >= 11 is 1.44. The van der Waals surface area contributed by atoms with Crippen molar-refractivity contribution in [1.82, 2.24) is 15.0 Å². The van der Waals surface area contributed by atoms with E-state index in [0.29, 0.717) is 24.1 Å². The van der Waals surface area contributed by atoms with Gasteiger partial charge in [0, 0.05) is 23.4 Å². The van der Waals surface area contributed by atoms with E-state index in [2.05, 4.69) is 20.3 Å². The van der Waals surface area contributed by atoms with Crippen LogP contribution in [0, 0.1) is 0 Å². The molecule has 0 aliphatic rings. The first-order chi connectivity index (χ1) is 9.78. The van der Waals surface area contributed by atoms with Gasteiger partial charge in [-0.3, -0.25) is 9.78 Å². The van der Waals surface area contributed by atoms with Gasteiger partial charge in [-0.2, -0.15) is 0 Å². The number of rotatable bonds is 6. The molecular formula is C13H14N4O2S. The van der Waals surface area contributed by atoms with E-state index >= 15 is 0 Å². The van der Waals surface area contributed by atoms with Gasteiger partial charge < -0.3 is 10.1 Å². The van der Waals surface area contributed by atoms with Gasteiger partial charge in [0.25, 0.3) is 0 Å². The second-order valence-corrected chi connectivity index (χ2v) is 4.74. The molecular weight excluding hydrogens is 276 g/mol. The molecule has 20 heavy (non-hydrogen) atoms. The molecule has 1 N–H and O–H groups in total. The zero-order chi connectivity index (χ0) is 14.2. The average molecular weight is 290 g/mol. The number of anilines is 1. The largest absolute Gasteiger partial charge is 0.478 e. The summed E-state index contributed by atoms with van der Waals surface area (Å²) in [4.78, 5) is 24.6. The SMILES string of the molecule is CCOc1cc(NC(=O)CSc2ccncc2)ncn1. The van der Waals surface area contributed by atoms with E-state index in [0.717, 1.165) is 4.90 Å². The minimum atomic E-state index is -0.132. The maximum Gasteiger partial charge on any atom is 0.235 e. The number of nitrogens with one attached hydrogen (secondary N) is 1. The number of amides is 1. The second kappa shape index (κ2) is 7.44. The smallest absolute Gasteiger partial charge is 0.235 e. The van der Waals surface area contributed by atoms with Crippen LogP contribution in [-0.2, 0) is 4.79 Å². The van der Waals surface area contributed by atoms with Gasteiger partial charge in [0.05, 0.1) is 12.4 Å². The molecule has 0 saturated heterocycles. The molecule has 0 unspecified atom stereocenters. The Balaban J connectivity index is 1.86. The third-order valence-electron chi connectivity index (χ3n) is 2.22. The molecule has 0 bridgehead atoms. The summed E-state index contributed by atoms with van der Waals surface area (Å²) in [5.41, 5.74) is 0. The summed E-state index contributed by atoms with van der Waals surface area (Å²) in [6, 6.07) is 5.31. The second-order valence-electron chi connectivity index (χ2n) is 3.69. The molecule has 0 aliphatic carbocycles. The minimum absolute atomic E-state index is 0.132. The lowest BCUT2D eigenvalue weighted by Crippen LogP contribution is -2.15. The van der Waals surface area contributed by atoms with Crippen LogP contribution in [0.4, 0.5) is 5.82 Å². The van der Waals surface area contributed by atoms with Crippen molar-refractivity contribution >= 4 is 23.5 Å². The predicted octanol–water partition coefficient (Wildman–Crippen LogP) is 2.00. The lowest BCUT2D eigenvalue weighted by molar-refractivity contribution is -0.113.